The molecule has 4 nitrogen and oxygen atoms in total. The number of hydrogen-bond acceptors (Lipinski definition) is 4. The van der Waals surface area contributed by atoms with Crippen molar-refractivity contribution >= 4 is 17.1 Å². The van der Waals surface area contributed by atoms with E-state index in [1.807, 2.05) is 19.4 Å². The van der Waals surface area contributed by atoms with E-state index < -0.39 is 0 Å². The minimum Gasteiger partial charge on any atom is -0.332 e. The summed E-state index contributed by atoms with van der Waals surface area (Å²) in [5.41, 5.74) is 0.961. The first kappa shape index (κ1) is 10.0. The van der Waals surface area contributed by atoms with Crippen LogP contribution < -0.4 is 0 Å². The van der Waals surface area contributed by atoms with Gasteiger partial charge in [0.05, 0.1) is 6.42 Å². The molecule has 0 aliphatic heterocycles. The van der Waals surface area contributed by atoms with Gasteiger partial charge in [0.25, 0.3) is 0 Å². The smallest absolute Gasteiger partial charge is 0.205 e. The van der Waals surface area contributed by atoms with E-state index in [9.17, 15) is 4.79 Å². The lowest BCUT2D eigenvalue weighted by molar-refractivity contribution is 0.0980. The van der Waals surface area contributed by atoms with E-state index in [2.05, 4.69) is 9.97 Å². The number of hydrogen-bond donors (Lipinski definition) is 0. The zero-order chi connectivity index (χ0) is 10.8. The SMILES string of the molecule is Cc1csc(CC(=O)c2nccn2C)n1. The molecule has 0 aliphatic carbocycles. The van der Waals surface area contributed by atoms with Gasteiger partial charge in [-0.2, -0.15) is 0 Å². The maximum Gasteiger partial charge on any atom is 0.205 e. The van der Waals surface area contributed by atoms with E-state index in [1.54, 1.807) is 17.0 Å². The Balaban J connectivity index is 2.14. The minimum absolute atomic E-state index is 0.0110. The Morgan fingerprint density at radius 2 is 2.40 bits per heavy atom. The summed E-state index contributed by atoms with van der Waals surface area (Å²) < 4.78 is 1.72. The average molecular weight is 221 g/mol. The van der Waals surface area contributed by atoms with Crippen molar-refractivity contribution in [1.29, 1.82) is 0 Å². The molecule has 0 saturated carbocycles. The summed E-state index contributed by atoms with van der Waals surface area (Å²) >= 11 is 1.51. The number of imidazole rings is 1. The van der Waals surface area contributed by atoms with Gasteiger partial charge in [-0.3, -0.25) is 4.79 Å². The normalized spacial score (nSPS) is 10.5. The maximum atomic E-state index is 11.8. The lowest BCUT2D eigenvalue weighted by Crippen LogP contribution is -2.09. The fourth-order valence-electron chi connectivity index (χ4n) is 1.33. The molecule has 0 radical (unpaired) electrons. The molecule has 2 aromatic rings. The van der Waals surface area contributed by atoms with Crippen LogP contribution >= 0.6 is 11.3 Å². The molecule has 0 N–H and O–H groups in total. The quantitative estimate of drug-likeness (QED) is 0.740. The Hall–Kier alpha value is -1.49. The lowest BCUT2D eigenvalue weighted by atomic mass is 10.3. The van der Waals surface area contributed by atoms with Crippen LogP contribution in [0.15, 0.2) is 17.8 Å². The van der Waals surface area contributed by atoms with Crippen LogP contribution in [0.2, 0.25) is 0 Å². The number of thiazole rings is 1. The predicted octanol–water partition coefficient (Wildman–Crippen LogP) is 1.61. The number of Topliss-reactive ketones (excluding diaryl/α,β-unsaturated/α-hetero) is 1. The van der Waals surface area contributed by atoms with Crippen molar-refractivity contribution < 1.29 is 4.79 Å². The fourth-order valence-corrected chi connectivity index (χ4v) is 2.11. The zero-order valence-corrected chi connectivity index (χ0v) is 9.41. The van der Waals surface area contributed by atoms with E-state index in [0.29, 0.717) is 12.2 Å². The molecule has 0 amide bonds. The van der Waals surface area contributed by atoms with E-state index in [-0.39, 0.29) is 5.78 Å². The van der Waals surface area contributed by atoms with E-state index in [4.69, 9.17) is 0 Å². The van der Waals surface area contributed by atoms with Crippen molar-refractivity contribution in [2.45, 2.75) is 13.3 Å². The van der Waals surface area contributed by atoms with Crippen molar-refractivity contribution in [3.63, 3.8) is 0 Å². The monoisotopic (exact) mass is 221 g/mol. The summed E-state index contributed by atoms with van der Waals surface area (Å²) in [6, 6.07) is 0. The first-order valence-corrected chi connectivity index (χ1v) is 5.46. The second-order valence-corrected chi connectivity index (χ2v) is 4.29. The van der Waals surface area contributed by atoms with Crippen molar-refractivity contribution in [2.75, 3.05) is 0 Å². The van der Waals surface area contributed by atoms with Gasteiger partial charge in [0.15, 0.2) is 5.82 Å². The Bertz CT molecular complexity index is 486. The molecule has 5 heteroatoms. The van der Waals surface area contributed by atoms with Gasteiger partial charge in [0.1, 0.15) is 5.01 Å². The summed E-state index contributed by atoms with van der Waals surface area (Å²) in [6.45, 7) is 1.92. The Morgan fingerprint density at radius 1 is 1.60 bits per heavy atom. The standard InChI is InChI=1S/C10H11N3OS/c1-7-6-15-9(12-7)5-8(14)10-11-3-4-13(10)2/h3-4,6H,5H2,1-2H3. The van der Waals surface area contributed by atoms with Crippen LogP contribution in [0.3, 0.4) is 0 Å². The molecular formula is C10H11N3OS. The molecule has 78 valence electrons. The average Bonchev–Trinajstić information content (AvgIpc) is 2.75. The molecule has 2 aromatic heterocycles. The molecular weight excluding hydrogens is 210 g/mol. The molecule has 2 heterocycles. The molecule has 0 bridgehead atoms. The van der Waals surface area contributed by atoms with Crippen molar-refractivity contribution in [2.24, 2.45) is 7.05 Å². The number of aromatic nitrogens is 3. The highest BCUT2D eigenvalue weighted by Crippen LogP contribution is 2.11. The van der Waals surface area contributed by atoms with Gasteiger partial charge < -0.3 is 4.57 Å². The van der Waals surface area contributed by atoms with Crippen LogP contribution in [0.5, 0.6) is 0 Å². The van der Waals surface area contributed by atoms with E-state index in [1.165, 1.54) is 11.3 Å². The number of carbonyl (C=O) groups excluding carboxylic acids is 1. The van der Waals surface area contributed by atoms with Gasteiger partial charge >= 0.3 is 0 Å². The second-order valence-electron chi connectivity index (χ2n) is 3.34. The van der Waals surface area contributed by atoms with Crippen LogP contribution in [0.25, 0.3) is 0 Å². The largest absolute Gasteiger partial charge is 0.332 e. The number of ketones is 1. The minimum atomic E-state index is 0.0110. The van der Waals surface area contributed by atoms with Crippen molar-refractivity contribution in [1.82, 2.24) is 14.5 Å². The number of nitrogens with zero attached hydrogens (tertiary/aromatic N) is 3. The van der Waals surface area contributed by atoms with Gasteiger partial charge in [-0.1, -0.05) is 0 Å². The Labute approximate surface area is 91.6 Å². The summed E-state index contributed by atoms with van der Waals surface area (Å²) in [4.78, 5) is 20.0. The highest BCUT2D eigenvalue weighted by molar-refractivity contribution is 7.09. The molecule has 0 atom stereocenters. The van der Waals surface area contributed by atoms with Gasteiger partial charge in [-0.15, -0.1) is 11.3 Å². The van der Waals surface area contributed by atoms with Gasteiger partial charge in [0.2, 0.25) is 5.78 Å². The number of carbonyl (C=O) groups is 1. The zero-order valence-electron chi connectivity index (χ0n) is 8.60. The summed E-state index contributed by atoms with van der Waals surface area (Å²) in [5.74, 6) is 0.500. The molecule has 0 unspecified atom stereocenters. The predicted molar refractivity (Wildman–Crippen MR) is 58.1 cm³/mol. The Kier molecular flexibility index (Phi) is 2.64. The van der Waals surface area contributed by atoms with Gasteiger partial charge in [0, 0.05) is 30.5 Å². The third kappa shape index (κ3) is 2.12. The number of rotatable bonds is 3. The highest BCUT2D eigenvalue weighted by Gasteiger charge is 2.13. The van der Waals surface area contributed by atoms with Gasteiger partial charge in [-0.25, -0.2) is 9.97 Å². The van der Waals surface area contributed by atoms with Crippen LogP contribution in [-0.4, -0.2) is 20.3 Å². The third-order valence-electron chi connectivity index (χ3n) is 2.05. The third-order valence-corrected chi connectivity index (χ3v) is 3.02. The maximum absolute atomic E-state index is 11.8. The van der Waals surface area contributed by atoms with Crippen LogP contribution in [-0.2, 0) is 13.5 Å². The first-order valence-electron chi connectivity index (χ1n) is 4.58. The lowest BCUT2D eigenvalue weighted by Gasteiger charge is -1.98. The van der Waals surface area contributed by atoms with Crippen LogP contribution in [0, 0.1) is 6.92 Å². The Morgan fingerprint density at radius 3 is 2.93 bits per heavy atom. The summed E-state index contributed by atoms with van der Waals surface area (Å²) in [6.07, 6.45) is 3.73. The molecule has 0 spiro atoms. The van der Waals surface area contributed by atoms with E-state index >= 15 is 0 Å². The molecule has 0 fully saturated rings. The van der Waals surface area contributed by atoms with Gasteiger partial charge in [-0.05, 0) is 6.92 Å². The summed E-state index contributed by atoms with van der Waals surface area (Å²) in [7, 11) is 1.81. The van der Waals surface area contributed by atoms with Crippen LogP contribution in [0.4, 0.5) is 0 Å². The topological polar surface area (TPSA) is 47.8 Å². The van der Waals surface area contributed by atoms with Crippen molar-refractivity contribution in [3.05, 3.63) is 34.3 Å². The number of aryl methyl sites for hydroxylation is 2. The molecule has 0 aromatic carbocycles. The van der Waals surface area contributed by atoms with E-state index in [0.717, 1.165) is 10.7 Å². The van der Waals surface area contributed by atoms with Crippen LogP contribution in [0.1, 0.15) is 21.3 Å². The van der Waals surface area contributed by atoms with Crippen molar-refractivity contribution in [3.8, 4) is 0 Å². The molecule has 0 aliphatic rings. The highest BCUT2D eigenvalue weighted by atomic mass is 32.1. The molecule has 0 saturated heterocycles. The summed E-state index contributed by atoms with van der Waals surface area (Å²) in [5, 5.41) is 2.79. The first-order chi connectivity index (χ1) is 7.16. The molecule has 2 rings (SSSR count). The second kappa shape index (κ2) is 3.94. The fraction of sp³-hybridized carbons (Fsp3) is 0.300. The molecule has 15 heavy (non-hydrogen) atoms.